The number of carbonyl (C=O) groups is 3. The summed E-state index contributed by atoms with van der Waals surface area (Å²) in [5.74, 6) is -1.21. The van der Waals surface area contributed by atoms with Crippen molar-refractivity contribution in [2.75, 3.05) is 13.2 Å². The van der Waals surface area contributed by atoms with E-state index in [4.69, 9.17) is 18.9 Å². The first-order valence-corrected chi connectivity index (χ1v) is 18.6. The monoisotopic (exact) mass is 662 g/mol. The number of aliphatic hydroxyl groups is 1. The average molecular weight is 663 g/mol. The zero-order valence-electron chi connectivity index (χ0n) is 29.4. The molecule has 0 unspecified atom stereocenters. The van der Waals surface area contributed by atoms with Crippen molar-refractivity contribution in [3.05, 3.63) is 38.0 Å². The van der Waals surface area contributed by atoms with Crippen LogP contribution in [0.2, 0.25) is 0 Å². The molecule has 0 aliphatic carbocycles. The summed E-state index contributed by atoms with van der Waals surface area (Å²) in [5.41, 5.74) is 0. The van der Waals surface area contributed by atoms with Gasteiger partial charge in [0.05, 0.1) is 13.2 Å². The van der Waals surface area contributed by atoms with Crippen LogP contribution in [0.4, 0.5) is 0 Å². The molecular weight excluding hydrogens is 596 g/mol. The quantitative estimate of drug-likeness (QED) is 0.0329. The summed E-state index contributed by atoms with van der Waals surface area (Å²) < 4.78 is 23.1. The first-order valence-electron chi connectivity index (χ1n) is 18.6. The third-order valence-corrected chi connectivity index (χ3v) is 8.64. The maximum atomic E-state index is 12.9. The molecule has 8 nitrogen and oxygen atoms in total. The summed E-state index contributed by atoms with van der Waals surface area (Å²) in [5, 5.41) is 10.2. The third-order valence-electron chi connectivity index (χ3n) is 8.64. The molecule has 0 aromatic carbocycles. The lowest BCUT2D eigenvalue weighted by Gasteiger charge is -2.28. The number of carbonyl (C=O) groups excluding carboxylic acids is 3. The molecule has 1 aliphatic rings. The van der Waals surface area contributed by atoms with E-state index in [1.54, 1.807) is 0 Å². The van der Waals surface area contributed by atoms with Gasteiger partial charge in [-0.3, -0.25) is 14.4 Å². The molecule has 270 valence electrons. The van der Waals surface area contributed by atoms with Gasteiger partial charge in [0.15, 0.2) is 18.3 Å². The van der Waals surface area contributed by atoms with Crippen molar-refractivity contribution in [1.82, 2.24) is 0 Å². The average Bonchev–Trinajstić information content (AvgIpc) is 3.44. The number of esters is 3. The van der Waals surface area contributed by atoms with Crippen LogP contribution in [0.3, 0.4) is 0 Å². The Hall–Kier alpha value is -2.45. The lowest BCUT2D eigenvalue weighted by atomic mass is 10.0. The van der Waals surface area contributed by atoms with Crippen LogP contribution in [0.1, 0.15) is 154 Å². The minimum Gasteiger partial charge on any atom is -0.457 e. The summed E-state index contributed by atoms with van der Waals surface area (Å²) in [4.78, 5) is 38.3. The molecule has 0 spiro atoms. The standard InChI is InChI=1S/C39H66O8/c1-4-7-10-13-16-19-22-25-28-35(41)45-33(31-40)38-39(47-37(43)30-27-24-21-18-15-12-9-6-3)34(32-44-38)46-36(42)29-26-23-20-17-14-11-8-5-2/h4-6,33-34,38-40H,1-3,7-32H2/t33-,34+,38-,39-/m1/s1. The molecular formula is C39H66O8. The van der Waals surface area contributed by atoms with Gasteiger partial charge in [0.1, 0.15) is 6.10 Å². The van der Waals surface area contributed by atoms with Crippen LogP contribution in [-0.2, 0) is 33.3 Å². The molecule has 0 amide bonds. The van der Waals surface area contributed by atoms with Crippen molar-refractivity contribution in [1.29, 1.82) is 0 Å². The second-order valence-corrected chi connectivity index (χ2v) is 12.8. The predicted molar refractivity (Wildman–Crippen MR) is 188 cm³/mol. The molecule has 4 atom stereocenters. The van der Waals surface area contributed by atoms with Gasteiger partial charge in [-0.05, 0) is 57.8 Å². The number of aliphatic hydroxyl groups excluding tert-OH is 1. The fourth-order valence-corrected chi connectivity index (χ4v) is 5.84. The Kier molecular flexibility index (Phi) is 26.9. The van der Waals surface area contributed by atoms with Crippen molar-refractivity contribution in [2.45, 2.75) is 179 Å². The van der Waals surface area contributed by atoms with Crippen LogP contribution >= 0.6 is 0 Å². The third kappa shape index (κ3) is 21.9. The van der Waals surface area contributed by atoms with E-state index in [2.05, 4.69) is 19.7 Å². The molecule has 1 heterocycles. The summed E-state index contributed by atoms with van der Waals surface area (Å²) >= 11 is 0. The number of hydrogen-bond donors (Lipinski definition) is 1. The van der Waals surface area contributed by atoms with E-state index >= 15 is 0 Å². The van der Waals surface area contributed by atoms with E-state index in [0.717, 1.165) is 122 Å². The highest BCUT2D eigenvalue weighted by molar-refractivity contribution is 5.71. The highest BCUT2D eigenvalue weighted by atomic mass is 16.6. The van der Waals surface area contributed by atoms with Crippen LogP contribution in [-0.4, -0.2) is 60.6 Å². The highest BCUT2D eigenvalue weighted by Crippen LogP contribution is 2.27. The lowest BCUT2D eigenvalue weighted by Crippen LogP contribution is -2.46. The van der Waals surface area contributed by atoms with Gasteiger partial charge in [-0.15, -0.1) is 19.7 Å². The molecule has 0 aromatic rings. The zero-order chi connectivity index (χ0) is 34.4. The Labute approximate surface area is 285 Å². The Balaban J connectivity index is 2.63. The van der Waals surface area contributed by atoms with E-state index in [9.17, 15) is 19.5 Å². The van der Waals surface area contributed by atoms with Gasteiger partial charge >= 0.3 is 17.9 Å². The molecule has 1 aliphatic heterocycles. The molecule has 1 N–H and O–H groups in total. The van der Waals surface area contributed by atoms with Crippen LogP contribution in [0, 0.1) is 0 Å². The SMILES string of the molecule is C=CCCCCCCCCC(=O)O[C@H]1[C@@H]([C@@H](CO)OC(=O)CCCCCCCCC=C)OC[C@@H]1OC(=O)CCCCCCCCC=C. The van der Waals surface area contributed by atoms with Crippen LogP contribution in [0.15, 0.2) is 38.0 Å². The Morgan fingerprint density at radius 3 is 1.40 bits per heavy atom. The van der Waals surface area contributed by atoms with Gasteiger partial charge in [-0.1, -0.05) is 95.3 Å². The number of unbranched alkanes of at least 4 members (excludes halogenated alkanes) is 18. The van der Waals surface area contributed by atoms with Crippen molar-refractivity contribution in [2.24, 2.45) is 0 Å². The van der Waals surface area contributed by atoms with Gasteiger partial charge in [0, 0.05) is 19.3 Å². The fraction of sp³-hybridized carbons (Fsp3) is 0.769. The van der Waals surface area contributed by atoms with Crippen molar-refractivity contribution in [3.63, 3.8) is 0 Å². The molecule has 1 fully saturated rings. The normalized spacial score (nSPS) is 17.9. The minimum absolute atomic E-state index is 0.00225. The van der Waals surface area contributed by atoms with E-state index in [1.165, 1.54) is 0 Å². The highest BCUT2D eigenvalue weighted by Gasteiger charge is 2.47. The van der Waals surface area contributed by atoms with E-state index in [-0.39, 0.29) is 31.8 Å². The van der Waals surface area contributed by atoms with Crippen molar-refractivity contribution < 1.29 is 38.4 Å². The molecule has 47 heavy (non-hydrogen) atoms. The van der Waals surface area contributed by atoms with E-state index in [1.807, 2.05) is 18.2 Å². The predicted octanol–water partition coefficient (Wildman–Crippen LogP) is 9.03. The van der Waals surface area contributed by atoms with Gasteiger partial charge in [0.25, 0.3) is 0 Å². The summed E-state index contributed by atoms with van der Waals surface area (Å²) in [6, 6.07) is 0. The van der Waals surface area contributed by atoms with Crippen LogP contribution in [0.25, 0.3) is 0 Å². The topological polar surface area (TPSA) is 108 Å². The second kappa shape index (κ2) is 29.7. The Morgan fingerprint density at radius 2 is 0.979 bits per heavy atom. The number of hydrogen-bond acceptors (Lipinski definition) is 8. The van der Waals surface area contributed by atoms with E-state index in [0.29, 0.717) is 12.8 Å². The van der Waals surface area contributed by atoms with E-state index < -0.39 is 43.0 Å². The number of rotatable bonds is 32. The van der Waals surface area contributed by atoms with Crippen LogP contribution < -0.4 is 0 Å². The molecule has 0 aromatic heterocycles. The minimum atomic E-state index is -1.03. The summed E-state index contributed by atoms with van der Waals surface area (Å²) in [6.07, 6.45) is 24.2. The zero-order valence-corrected chi connectivity index (χ0v) is 29.4. The van der Waals surface area contributed by atoms with Crippen molar-refractivity contribution >= 4 is 17.9 Å². The molecule has 8 heteroatoms. The van der Waals surface area contributed by atoms with Gasteiger partial charge in [-0.2, -0.15) is 0 Å². The molecule has 0 bridgehead atoms. The first-order chi connectivity index (χ1) is 23.0. The van der Waals surface area contributed by atoms with Crippen LogP contribution in [0.5, 0.6) is 0 Å². The van der Waals surface area contributed by atoms with Gasteiger partial charge < -0.3 is 24.1 Å². The molecule has 0 radical (unpaired) electrons. The Morgan fingerprint density at radius 1 is 0.596 bits per heavy atom. The molecule has 0 saturated carbocycles. The van der Waals surface area contributed by atoms with Gasteiger partial charge in [0.2, 0.25) is 0 Å². The van der Waals surface area contributed by atoms with Crippen molar-refractivity contribution in [3.8, 4) is 0 Å². The molecule has 1 saturated heterocycles. The fourth-order valence-electron chi connectivity index (χ4n) is 5.84. The van der Waals surface area contributed by atoms with Gasteiger partial charge in [-0.25, -0.2) is 0 Å². The Bertz CT molecular complexity index is 856. The maximum Gasteiger partial charge on any atom is 0.306 e. The summed E-state index contributed by atoms with van der Waals surface area (Å²) in [7, 11) is 0. The number of ether oxygens (including phenoxy) is 4. The maximum absolute atomic E-state index is 12.9. The smallest absolute Gasteiger partial charge is 0.306 e. The largest absolute Gasteiger partial charge is 0.457 e. The first kappa shape index (κ1) is 42.6. The lowest BCUT2D eigenvalue weighted by molar-refractivity contribution is -0.175. The summed E-state index contributed by atoms with van der Waals surface area (Å²) in [6.45, 7) is 10.8. The molecule has 1 rings (SSSR count). The number of allylic oxidation sites excluding steroid dienone is 3. The second-order valence-electron chi connectivity index (χ2n) is 12.8.